The van der Waals surface area contributed by atoms with E-state index in [0.717, 1.165) is 0 Å². The zero-order chi connectivity index (χ0) is 14.0. The van der Waals surface area contributed by atoms with Crippen LogP contribution in [0.5, 0.6) is 0 Å². The molecule has 0 saturated heterocycles. The van der Waals surface area contributed by atoms with Crippen molar-refractivity contribution >= 4 is 15.9 Å². The van der Waals surface area contributed by atoms with E-state index in [2.05, 4.69) is 5.32 Å². The number of carbonyl (C=O) groups is 1. The van der Waals surface area contributed by atoms with Crippen LogP contribution in [0.15, 0.2) is 11.3 Å². The number of nitriles is 1. The van der Waals surface area contributed by atoms with E-state index in [1.54, 1.807) is 0 Å². The Kier molecular flexibility index (Phi) is 4.14. The number of carbonyl (C=O) groups excluding carboxylic acids is 1. The highest BCUT2D eigenvalue weighted by Crippen LogP contribution is 2.35. The Labute approximate surface area is 106 Å². The van der Waals surface area contributed by atoms with Crippen molar-refractivity contribution in [1.29, 1.82) is 5.26 Å². The van der Waals surface area contributed by atoms with Gasteiger partial charge in [0.1, 0.15) is 11.6 Å². The van der Waals surface area contributed by atoms with Crippen LogP contribution in [0.25, 0.3) is 0 Å². The minimum absolute atomic E-state index is 0.0395. The normalized spacial score (nSPS) is 19.6. The summed E-state index contributed by atoms with van der Waals surface area (Å²) in [5.74, 6) is -0.815. The number of nitrogens with zero attached hydrogens (tertiary/aromatic N) is 1. The lowest BCUT2D eigenvalue weighted by molar-refractivity contribution is -0.117. The van der Waals surface area contributed by atoms with Gasteiger partial charge in [0, 0.05) is 18.7 Å². The molecule has 6 nitrogen and oxygen atoms in total. The van der Waals surface area contributed by atoms with Crippen LogP contribution in [0, 0.1) is 16.7 Å². The fourth-order valence-corrected chi connectivity index (χ4v) is 2.28. The van der Waals surface area contributed by atoms with E-state index in [1.807, 2.05) is 19.9 Å². The summed E-state index contributed by atoms with van der Waals surface area (Å²) in [6.07, 6.45) is 0.779. The summed E-state index contributed by atoms with van der Waals surface area (Å²) in [5.41, 5.74) is 0.204. The summed E-state index contributed by atoms with van der Waals surface area (Å²) in [6.45, 7) is 3.70. The summed E-state index contributed by atoms with van der Waals surface area (Å²) >= 11 is 0. The molecule has 1 rings (SSSR count). The van der Waals surface area contributed by atoms with Crippen LogP contribution in [0.3, 0.4) is 0 Å². The first-order chi connectivity index (χ1) is 8.14. The third-order valence-corrected chi connectivity index (χ3v) is 3.38. The van der Waals surface area contributed by atoms with Crippen molar-refractivity contribution in [3.05, 3.63) is 11.3 Å². The summed E-state index contributed by atoms with van der Waals surface area (Å²) in [7, 11) is -4.29. The van der Waals surface area contributed by atoms with E-state index in [9.17, 15) is 17.8 Å². The summed E-state index contributed by atoms with van der Waals surface area (Å²) < 4.78 is 31.4. The van der Waals surface area contributed by atoms with Gasteiger partial charge in [-0.05, 0) is 11.8 Å². The molecule has 18 heavy (non-hydrogen) atoms. The van der Waals surface area contributed by atoms with Gasteiger partial charge in [0.2, 0.25) is 0 Å². The Balaban J connectivity index is 2.83. The smallest absolute Gasteiger partial charge is 0.175 e. The Morgan fingerprint density at radius 2 is 2.06 bits per heavy atom. The first-order valence-corrected chi connectivity index (χ1v) is 7.06. The van der Waals surface area contributed by atoms with Gasteiger partial charge in [-0.15, -0.1) is 0 Å². The lowest BCUT2D eigenvalue weighted by Gasteiger charge is -2.30. The van der Waals surface area contributed by atoms with E-state index < -0.39 is 15.9 Å². The van der Waals surface area contributed by atoms with E-state index in [0.29, 0.717) is 18.5 Å². The average Bonchev–Trinajstić information content (AvgIpc) is 2.13. The van der Waals surface area contributed by atoms with Gasteiger partial charge in [0.05, 0.1) is 15.9 Å². The second kappa shape index (κ2) is 5.08. The number of allylic oxidation sites excluding steroid dienone is 2. The molecule has 0 aromatic rings. The number of rotatable bonds is 4. The van der Waals surface area contributed by atoms with Crippen molar-refractivity contribution in [2.75, 3.05) is 12.3 Å². The topological polar surface area (TPSA) is 110 Å². The molecular weight excluding hydrogens is 256 g/mol. The van der Waals surface area contributed by atoms with Crippen molar-refractivity contribution in [3.8, 4) is 6.07 Å². The third kappa shape index (κ3) is 4.13. The average molecular weight is 271 g/mol. The number of Topliss-reactive ketones (excluding diaryl/α,β-unsaturated/α-hetero) is 1. The molecule has 0 spiro atoms. The largest absolute Gasteiger partial charge is 0.748 e. The lowest BCUT2D eigenvalue weighted by Crippen LogP contribution is -2.33. The summed E-state index contributed by atoms with van der Waals surface area (Å²) in [5, 5.41) is 11.6. The van der Waals surface area contributed by atoms with Crippen LogP contribution in [-0.4, -0.2) is 31.1 Å². The fraction of sp³-hybridized carbons (Fsp3) is 0.636. The molecule has 1 aliphatic carbocycles. The maximum Gasteiger partial charge on any atom is 0.175 e. The number of hydrogen-bond donors (Lipinski definition) is 1. The molecule has 0 aliphatic heterocycles. The summed E-state index contributed by atoms with van der Waals surface area (Å²) in [4.78, 5) is 11.7. The van der Waals surface area contributed by atoms with E-state index in [4.69, 9.17) is 5.26 Å². The van der Waals surface area contributed by atoms with Crippen molar-refractivity contribution < 1.29 is 17.8 Å². The highest BCUT2D eigenvalue weighted by Gasteiger charge is 2.32. The van der Waals surface area contributed by atoms with Crippen molar-refractivity contribution in [2.24, 2.45) is 5.41 Å². The predicted octanol–water partition coefficient (Wildman–Crippen LogP) is 0.288. The molecule has 1 aliphatic rings. The SMILES string of the molecule is CC1(C)CC(=O)C(C#N)=C(NCCS(=O)(=O)[O-])C1. The van der Waals surface area contributed by atoms with Crippen LogP contribution in [-0.2, 0) is 14.9 Å². The van der Waals surface area contributed by atoms with Crippen LogP contribution in [0.4, 0.5) is 0 Å². The minimum Gasteiger partial charge on any atom is -0.748 e. The van der Waals surface area contributed by atoms with Gasteiger partial charge in [-0.3, -0.25) is 4.79 Å². The van der Waals surface area contributed by atoms with Gasteiger partial charge in [-0.2, -0.15) is 5.26 Å². The lowest BCUT2D eigenvalue weighted by atomic mass is 9.76. The maximum absolute atomic E-state index is 11.7. The first-order valence-electron chi connectivity index (χ1n) is 5.48. The molecule has 0 bridgehead atoms. The molecule has 7 heteroatoms. The Bertz CT molecular complexity index is 526. The van der Waals surface area contributed by atoms with E-state index in [1.165, 1.54) is 0 Å². The predicted molar refractivity (Wildman–Crippen MR) is 63.2 cm³/mol. The number of nitrogens with one attached hydrogen (secondary N) is 1. The van der Waals surface area contributed by atoms with Gasteiger partial charge in [0.15, 0.2) is 5.78 Å². The van der Waals surface area contributed by atoms with E-state index in [-0.39, 0.29) is 23.3 Å². The zero-order valence-electron chi connectivity index (χ0n) is 10.3. The molecule has 0 atom stereocenters. The van der Waals surface area contributed by atoms with Gasteiger partial charge in [-0.1, -0.05) is 13.8 Å². The summed E-state index contributed by atoms with van der Waals surface area (Å²) in [6, 6.07) is 1.83. The fourth-order valence-electron chi connectivity index (χ4n) is 1.93. The molecule has 0 radical (unpaired) electrons. The molecule has 1 N–H and O–H groups in total. The first kappa shape index (κ1) is 14.7. The van der Waals surface area contributed by atoms with Gasteiger partial charge >= 0.3 is 0 Å². The maximum atomic E-state index is 11.7. The van der Waals surface area contributed by atoms with Gasteiger partial charge < -0.3 is 9.87 Å². The van der Waals surface area contributed by atoms with Crippen LogP contribution in [0.2, 0.25) is 0 Å². The molecule has 0 saturated carbocycles. The number of hydrogen-bond acceptors (Lipinski definition) is 6. The minimum atomic E-state index is -4.29. The molecule has 0 heterocycles. The number of ketones is 1. The zero-order valence-corrected chi connectivity index (χ0v) is 11.1. The molecule has 0 unspecified atom stereocenters. The highest BCUT2D eigenvalue weighted by atomic mass is 32.2. The second-order valence-corrected chi connectivity index (χ2v) is 6.62. The monoisotopic (exact) mass is 271 g/mol. The van der Waals surface area contributed by atoms with Crippen LogP contribution >= 0.6 is 0 Å². The van der Waals surface area contributed by atoms with Crippen molar-refractivity contribution in [2.45, 2.75) is 26.7 Å². The van der Waals surface area contributed by atoms with Crippen LogP contribution in [0.1, 0.15) is 26.7 Å². The molecule has 0 amide bonds. The molecule has 100 valence electrons. The molecule has 0 aromatic heterocycles. The Morgan fingerprint density at radius 1 is 1.44 bits per heavy atom. The van der Waals surface area contributed by atoms with Gasteiger partial charge in [-0.25, -0.2) is 8.42 Å². The standard InChI is InChI=1S/C11H16N2O4S/c1-11(2)5-9(8(7-12)10(14)6-11)13-3-4-18(15,16)17/h13H,3-6H2,1-2H3,(H,15,16,17)/p-1. The quantitative estimate of drug-likeness (QED) is 0.736. The second-order valence-electron chi connectivity index (χ2n) is 5.09. The van der Waals surface area contributed by atoms with Crippen molar-refractivity contribution in [3.63, 3.8) is 0 Å². The van der Waals surface area contributed by atoms with Crippen LogP contribution < -0.4 is 5.32 Å². The Hall–Kier alpha value is -1.39. The molecule has 0 aromatic carbocycles. The Morgan fingerprint density at radius 3 is 2.56 bits per heavy atom. The van der Waals surface area contributed by atoms with Crippen molar-refractivity contribution in [1.82, 2.24) is 5.32 Å². The van der Waals surface area contributed by atoms with Gasteiger partial charge in [0.25, 0.3) is 0 Å². The van der Waals surface area contributed by atoms with E-state index >= 15 is 0 Å². The molecular formula is C11H15N2O4S-. The third-order valence-electron chi connectivity index (χ3n) is 2.68. The highest BCUT2D eigenvalue weighted by molar-refractivity contribution is 7.85. The molecule has 0 fully saturated rings.